The van der Waals surface area contributed by atoms with Crippen LogP contribution in [0.1, 0.15) is 56.6 Å². The van der Waals surface area contributed by atoms with Crippen LogP contribution in [0.5, 0.6) is 0 Å². The summed E-state index contributed by atoms with van der Waals surface area (Å²) in [6.07, 6.45) is 2.01. The van der Waals surface area contributed by atoms with Gasteiger partial charge in [-0.3, -0.25) is 4.99 Å². The molecule has 0 spiro atoms. The lowest BCUT2D eigenvalue weighted by Gasteiger charge is -2.22. The molecule has 6 heteroatoms. The molecule has 0 aromatic heterocycles. The average Bonchev–Trinajstić information content (AvgIpc) is 3.75. The predicted octanol–water partition coefficient (Wildman–Crippen LogP) is 6.01. The van der Waals surface area contributed by atoms with Gasteiger partial charge in [0.1, 0.15) is 31.9 Å². The van der Waals surface area contributed by atoms with Crippen molar-refractivity contribution < 1.29 is 14.2 Å². The van der Waals surface area contributed by atoms with Crippen LogP contribution in [-0.4, -0.2) is 44.1 Å². The Hall–Kier alpha value is -3.93. The van der Waals surface area contributed by atoms with Gasteiger partial charge in [-0.25, -0.2) is 9.98 Å². The molecule has 3 heterocycles. The van der Waals surface area contributed by atoms with Crippen LogP contribution in [0.15, 0.2) is 75.6 Å². The molecule has 39 heavy (non-hydrogen) atoms. The maximum absolute atomic E-state index is 6.13. The predicted molar refractivity (Wildman–Crippen MR) is 155 cm³/mol. The first kappa shape index (κ1) is 25.4. The first-order valence-corrected chi connectivity index (χ1v) is 13.8. The second kappa shape index (κ2) is 11.0. The first-order chi connectivity index (χ1) is 19.1. The van der Waals surface area contributed by atoms with Gasteiger partial charge in [-0.15, -0.1) is 0 Å². The van der Waals surface area contributed by atoms with Gasteiger partial charge in [0.25, 0.3) is 0 Å². The lowest BCUT2D eigenvalue weighted by Crippen LogP contribution is -2.16. The molecule has 0 aliphatic carbocycles. The first-order valence-electron chi connectivity index (χ1n) is 13.8. The summed E-state index contributed by atoms with van der Waals surface area (Å²) in [4.78, 5) is 14.5. The van der Waals surface area contributed by atoms with E-state index in [9.17, 15) is 0 Å². The van der Waals surface area contributed by atoms with Gasteiger partial charge in [-0.2, -0.15) is 0 Å². The molecule has 0 saturated carbocycles. The molecule has 0 amide bonds. The third kappa shape index (κ3) is 5.33. The Morgan fingerprint density at radius 3 is 1.44 bits per heavy atom. The van der Waals surface area contributed by atoms with E-state index < -0.39 is 0 Å². The van der Waals surface area contributed by atoms with Crippen LogP contribution in [0.2, 0.25) is 0 Å². The van der Waals surface area contributed by atoms with Crippen molar-refractivity contribution in [1.29, 1.82) is 0 Å². The van der Waals surface area contributed by atoms with E-state index in [1.54, 1.807) is 0 Å². The van der Waals surface area contributed by atoms with E-state index in [-0.39, 0.29) is 12.1 Å². The van der Waals surface area contributed by atoms with Crippen molar-refractivity contribution in [1.82, 2.24) is 0 Å². The summed E-state index contributed by atoms with van der Waals surface area (Å²) >= 11 is 0. The highest BCUT2D eigenvalue weighted by Crippen LogP contribution is 2.33. The number of ether oxygens (including phenoxy) is 3. The second-order valence-electron chi connectivity index (χ2n) is 10.5. The zero-order chi connectivity index (χ0) is 26.8. The molecule has 3 aromatic carbocycles. The number of hydrogen-bond acceptors (Lipinski definition) is 6. The van der Waals surface area contributed by atoms with E-state index in [0.29, 0.717) is 39.1 Å². The fourth-order valence-corrected chi connectivity index (χ4v) is 5.86. The summed E-state index contributed by atoms with van der Waals surface area (Å²) in [5.41, 5.74) is 9.94. The molecule has 0 bridgehead atoms. The van der Waals surface area contributed by atoms with Gasteiger partial charge in [-0.1, -0.05) is 60.7 Å². The van der Waals surface area contributed by atoms with E-state index in [2.05, 4.69) is 74.3 Å². The molecule has 2 unspecified atom stereocenters. The van der Waals surface area contributed by atoms with Crippen molar-refractivity contribution in [2.75, 3.05) is 26.4 Å². The van der Waals surface area contributed by atoms with Crippen molar-refractivity contribution in [2.24, 2.45) is 15.0 Å². The Balaban J connectivity index is 1.33. The van der Waals surface area contributed by atoms with Crippen LogP contribution in [0.4, 0.5) is 0 Å². The monoisotopic (exact) mass is 521 g/mol. The van der Waals surface area contributed by atoms with Gasteiger partial charge in [0.05, 0.1) is 6.54 Å². The minimum absolute atomic E-state index is 0.0450. The highest BCUT2D eigenvalue weighted by molar-refractivity contribution is 5.85. The SMILES string of the molecule is Cc1c(CC2=NCCO2)c(C)c(CC2=NC(c3ccccc3)CO2)c(C)c1CC1=NC(c2ccccc2)CO1. The zero-order valence-electron chi connectivity index (χ0n) is 22.9. The summed E-state index contributed by atoms with van der Waals surface area (Å²) in [5, 5.41) is 0. The van der Waals surface area contributed by atoms with Crippen LogP contribution in [-0.2, 0) is 33.5 Å². The van der Waals surface area contributed by atoms with E-state index in [1.165, 1.54) is 44.5 Å². The van der Waals surface area contributed by atoms with Gasteiger partial charge in [0.2, 0.25) is 0 Å². The Kier molecular flexibility index (Phi) is 7.18. The van der Waals surface area contributed by atoms with Crippen molar-refractivity contribution in [3.05, 3.63) is 105 Å². The van der Waals surface area contributed by atoms with Crippen LogP contribution in [0.25, 0.3) is 0 Å². The van der Waals surface area contributed by atoms with Gasteiger partial charge in [0.15, 0.2) is 17.7 Å². The Labute approximate surface area is 230 Å². The van der Waals surface area contributed by atoms with Crippen LogP contribution in [0.3, 0.4) is 0 Å². The third-order valence-corrected chi connectivity index (χ3v) is 8.13. The molecule has 2 atom stereocenters. The Bertz CT molecular complexity index is 1350. The average molecular weight is 522 g/mol. The van der Waals surface area contributed by atoms with E-state index in [1.807, 2.05) is 12.1 Å². The fourth-order valence-electron chi connectivity index (χ4n) is 5.86. The van der Waals surface area contributed by atoms with E-state index in [4.69, 9.17) is 24.2 Å². The lowest BCUT2D eigenvalue weighted by atomic mass is 9.84. The number of nitrogens with zero attached hydrogens (tertiary/aromatic N) is 3. The molecule has 200 valence electrons. The maximum atomic E-state index is 6.13. The highest BCUT2D eigenvalue weighted by atomic mass is 16.5. The summed E-state index contributed by atoms with van der Waals surface area (Å²) in [5.74, 6) is 2.41. The van der Waals surface area contributed by atoms with Crippen molar-refractivity contribution in [3.63, 3.8) is 0 Å². The lowest BCUT2D eigenvalue weighted by molar-refractivity contribution is 0.313. The minimum atomic E-state index is 0.0450. The molecule has 3 aromatic rings. The number of rotatable bonds is 8. The Morgan fingerprint density at radius 1 is 0.590 bits per heavy atom. The quantitative estimate of drug-likeness (QED) is 0.365. The molecule has 0 radical (unpaired) electrons. The highest BCUT2D eigenvalue weighted by Gasteiger charge is 2.27. The standard InChI is InChI=1S/C33H35N3O3/c1-21-26(16-31-34-14-15-37-31)22(2)28(18-33-36-30(20-39-33)25-12-8-5-9-13-25)23(3)27(21)17-32-35-29(19-38-32)24-10-6-4-7-11-24/h4-13,29-30H,14-20H2,1-3H3. The van der Waals surface area contributed by atoms with Crippen molar-refractivity contribution in [2.45, 2.75) is 52.1 Å². The maximum Gasteiger partial charge on any atom is 0.188 e. The Morgan fingerprint density at radius 2 is 1.03 bits per heavy atom. The molecular weight excluding hydrogens is 486 g/mol. The van der Waals surface area contributed by atoms with E-state index in [0.717, 1.165) is 24.2 Å². The number of aliphatic imine (C=N–C) groups is 3. The van der Waals surface area contributed by atoms with Crippen molar-refractivity contribution >= 4 is 17.7 Å². The molecule has 3 aliphatic heterocycles. The normalized spacial score (nSPS) is 20.1. The molecule has 6 nitrogen and oxygen atoms in total. The van der Waals surface area contributed by atoms with Crippen LogP contribution < -0.4 is 0 Å². The third-order valence-electron chi connectivity index (χ3n) is 8.13. The largest absolute Gasteiger partial charge is 0.479 e. The molecule has 0 N–H and O–H groups in total. The summed E-state index contributed by atoms with van der Waals surface area (Å²) in [6.45, 7) is 9.20. The summed E-state index contributed by atoms with van der Waals surface area (Å²) in [6, 6.07) is 20.8. The van der Waals surface area contributed by atoms with Gasteiger partial charge in [0, 0.05) is 19.3 Å². The van der Waals surface area contributed by atoms with Gasteiger partial charge in [-0.05, 0) is 65.3 Å². The van der Waals surface area contributed by atoms with E-state index >= 15 is 0 Å². The summed E-state index contributed by atoms with van der Waals surface area (Å²) in [7, 11) is 0. The fraction of sp³-hybridized carbons (Fsp3) is 0.364. The number of hydrogen-bond donors (Lipinski definition) is 0. The molecule has 0 saturated heterocycles. The zero-order valence-corrected chi connectivity index (χ0v) is 22.9. The van der Waals surface area contributed by atoms with Crippen LogP contribution in [0, 0.1) is 20.8 Å². The summed E-state index contributed by atoms with van der Waals surface area (Å²) < 4.78 is 18.1. The second-order valence-corrected chi connectivity index (χ2v) is 10.5. The smallest absolute Gasteiger partial charge is 0.188 e. The number of benzene rings is 3. The minimum Gasteiger partial charge on any atom is -0.479 e. The molecule has 6 rings (SSSR count). The molecular formula is C33H35N3O3. The van der Waals surface area contributed by atoms with Gasteiger partial charge >= 0.3 is 0 Å². The van der Waals surface area contributed by atoms with Gasteiger partial charge < -0.3 is 14.2 Å². The van der Waals surface area contributed by atoms with Crippen LogP contribution >= 0.6 is 0 Å². The molecule has 0 fully saturated rings. The topological polar surface area (TPSA) is 64.8 Å². The molecule has 3 aliphatic rings. The van der Waals surface area contributed by atoms with Crippen molar-refractivity contribution in [3.8, 4) is 0 Å².